The summed E-state index contributed by atoms with van der Waals surface area (Å²) in [6, 6.07) is 31.3. The van der Waals surface area contributed by atoms with Gasteiger partial charge in [0, 0.05) is 11.1 Å². The number of benzene rings is 4. The number of rotatable bonds is 8. The van der Waals surface area contributed by atoms with E-state index in [1.807, 2.05) is 61.5 Å². The van der Waals surface area contributed by atoms with Gasteiger partial charge in [0.05, 0.1) is 17.1 Å². The van der Waals surface area contributed by atoms with Crippen LogP contribution >= 0.6 is 0 Å². The van der Waals surface area contributed by atoms with E-state index in [0.29, 0.717) is 11.4 Å². The molecule has 0 heterocycles. The zero-order chi connectivity index (χ0) is 25.1. The molecule has 0 unspecified atom stereocenters. The summed E-state index contributed by atoms with van der Waals surface area (Å²) in [5, 5.41) is 15.1. The van der Waals surface area contributed by atoms with Crippen LogP contribution in [0.2, 0.25) is 0 Å². The molecule has 0 aliphatic heterocycles. The molecule has 182 valence electrons. The van der Waals surface area contributed by atoms with E-state index in [1.165, 1.54) is 4.31 Å². The first-order valence-corrected chi connectivity index (χ1v) is 13.1. The zero-order valence-electron chi connectivity index (χ0n) is 19.8. The Hall–Kier alpha value is -3.94. The molecule has 1 atom stereocenters. The fourth-order valence-corrected chi connectivity index (χ4v) is 5.80. The number of sulfonamides is 1. The third-order valence-electron chi connectivity index (χ3n) is 6.11. The van der Waals surface area contributed by atoms with E-state index in [0.717, 1.165) is 27.8 Å². The Bertz CT molecular complexity index is 1450. The maximum absolute atomic E-state index is 13.5. The molecule has 36 heavy (non-hydrogen) atoms. The molecule has 1 aliphatic carbocycles. The molecule has 6 nitrogen and oxygen atoms in total. The van der Waals surface area contributed by atoms with E-state index in [9.17, 15) is 13.5 Å². The molecule has 0 fully saturated rings. The fraction of sp³-hybridized carbons (Fsp3) is 0.138. The SMILES string of the molecule is Cc1ccc(S(=O)(=O)N(C[C@H](O)CON=C2c3ccccc3-c3ccccc32)c2ccccc2)cc1. The third kappa shape index (κ3) is 4.63. The monoisotopic (exact) mass is 498 g/mol. The van der Waals surface area contributed by atoms with Gasteiger partial charge < -0.3 is 9.94 Å². The molecular formula is C29H26N2O4S. The highest BCUT2D eigenvalue weighted by Gasteiger charge is 2.28. The van der Waals surface area contributed by atoms with Crippen molar-refractivity contribution < 1.29 is 18.4 Å². The minimum atomic E-state index is -3.90. The van der Waals surface area contributed by atoms with Crippen molar-refractivity contribution in [3.63, 3.8) is 0 Å². The summed E-state index contributed by atoms with van der Waals surface area (Å²) in [6.45, 7) is 1.55. The van der Waals surface area contributed by atoms with Crippen LogP contribution in [0.25, 0.3) is 11.1 Å². The summed E-state index contributed by atoms with van der Waals surface area (Å²) in [4.78, 5) is 5.74. The van der Waals surface area contributed by atoms with Crippen molar-refractivity contribution in [2.45, 2.75) is 17.9 Å². The number of aliphatic hydroxyl groups excluding tert-OH is 1. The van der Waals surface area contributed by atoms with Crippen LogP contribution in [0, 0.1) is 6.92 Å². The number of hydrogen-bond acceptors (Lipinski definition) is 5. The Kier molecular flexibility index (Phi) is 6.59. The number of aryl methyl sites for hydroxylation is 1. The van der Waals surface area contributed by atoms with Gasteiger partial charge in [-0.15, -0.1) is 0 Å². The smallest absolute Gasteiger partial charge is 0.264 e. The molecule has 7 heteroatoms. The average molecular weight is 499 g/mol. The van der Waals surface area contributed by atoms with Gasteiger partial charge in [0.25, 0.3) is 10.0 Å². The number of anilines is 1. The van der Waals surface area contributed by atoms with E-state index in [4.69, 9.17) is 4.84 Å². The van der Waals surface area contributed by atoms with Gasteiger partial charge in [0.15, 0.2) is 0 Å². The highest BCUT2D eigenvalue weighted by atomic mass is 32.2. The molecule has 4 aromatic rings. The maximum Gasteiger partial charge on any atom is 0.264 e. The van der Waals surface area contributed by atoms with E-state index in [1.54, 1.807) is 48.5 Å². The molecule has 0 saturated heterocycles. The lowest BCUT2D eigenvalue weighted by Crippen LogP contribution is -2.39. The average Bonchev–Trinajstić information content (AvgIpc) is 3.22. The fourth-order valence-electron chi connectivity index (χ4n) is 4.30. The molecule has 4 aromatic carbocycles. The van der Waals surface area contributed by atoms with Crippen LogP contribution < -0.4 is 4.31 Å². The lowest BCUT2D eigenvalue weighted by Gasteiger charge is -2.26. The van der Waals surface area contributed by atoms with E-state index >= 15 is 0 Å². The summed E-state index contributed by atoms with van der Waals surface area (Å²) >= 11 is 0. The van der Waals surface area contributed by atoms with Crippen molar-refractivity contribution >= 4 is 21.4 Å². The highest BCUT2D eigenvalue weighted by Crippen LogP contribution is 2.36. The number of fused-ring (bicyclic) bond motifs is 3. The second-order valence-electron chi connectivity index (χ2n) is 8.67. The van der Waals surface area contributed by atoms with Crippen molar-refractivity contribution in [2.75, 3.05) is 17.5 Å². The molecule has 5 rings (SSSR count). The maximum atomic E-state index is 13.5. The normalized spacial score (nSPS) is 13.0. The Labute approximate surface area is 211 Å². The van der Waals surface area contributed by atoms with Crippen molar-refractivity contribution in [1.82, 2.24) is 0 Å². The van der Waals surface area contributed by atoms with E-state index < -0.39 is 16.1 Å². The van der Waals surface area contributed by atoms with E-state index in [-0.39, 0.29) is 18.0 Å². The lowest BCUT2D eigenvalue weighted by atomic mass is 10.1. The van der Waals surface area contributed by atoms with Crippen LogP contribution in [0.1, 0.15) is 16.7 Å². The summed E-state index contributed by atoms with van der Waals surface area (Å²) in [5.41, 5.74) is 6.19. The highest BCUT2D eigenvalue weighted by molar-refractivity contribution is 7.92. The quantitative estimate of drug-likeness (QED) is 0.305. The molecular weight excluding hydrogens is 472 g/mol. The van der Waals surface area contributed by atoms with Gasteiger partial charge in [-0.05, 0) is 42.3 Å². The number of aliphatic hydroxyl groups is 1. The third-order valence-corrected chi connectivity index (χ3v) is 7.92. The lowest BCUT2D eigenvalue weighted by molar-refractivity contribution is 0.0456. The van der Waals surface area contributed by atoms with Gasteiger partial charge >= 0.3 is 0 Å². The van der Waals surface area contributed by atoms with Crippen LogP contribution in [-0.2, 0) is 14.9 Å². The van der Waals surface area contributed by atoms with Crippen LogP contribution in [0.5, 0.6) is 0 Å². The molecule has 0 bridgehead atoms. The summed E-state index contributed by atoms with van der Waals surface area (Å²) < 4.78 is 28.2. The minimum Gasteiger partial charge on any atom is -0.392 e. The largest absolute Gasteiger partial charge is 0.392 e. The molecule has 0 amide bonds. The van der Waals surface area contributed by atoms with Gasteiger partial charge in [-0.25, -0.2) is 8.42 Å². The van der Waals surface area contributed by atoms with Crippen LogP contribution in [0.15, 0.2) is 113 Å². The molecule has 1 aliphatic rings. The van der Waals surface area contributed by atoms with Crippen molar-refractivity contribution in [1.29, 1.82) is 0 Å². The topological polar surface area (TPSA) is 79.2 Å². The predicted molar refractivity (Wildman–Crippen MR) is 142 cm³/mol. The Morgan fingerprint density at radius 2 is 1.31 bits per heavy atom. The van der Waals surface area contributed by atoms with Gasteiger partial charge in [0.1, 0.15) is 18.4 Å². The minimum absolute atomic E-state index is 0.157. The van der Waals surface area contributed by atoms with Gasteiger partial charge in [0.2, 0.25) is 0 Å². The molecule has 0 aromatic heterocycles. The molecule has 0 spiro atoms. The van der Waals surface area contributed by atoms with Crippen LogP contribution in [-0.4, -0.2) is 38.5 Å². The van der Waals surface area contributed by atoms with Crippen molar-refractivity contribution in [2.24, 2.45) is 5.16 Å². The Balaban J connectivity index is 1.36. The number of oxime groups is 1. The van der Waals surface area contributed by atoms with Gasteiger partial charge in [-0.2, -0.15) is 0 Å². The van der Waals surface area contributed by atoms with Crippen LogP contribution in [0.4, 0.5) is 5.69 Å². The zero-order valence-corrected chi connectivity index (χ0v) is 20.6. The summed E-state index contributed by atoms with van der Waals surface area (Å²) in [7, 11) is -3.90. The standard InChI is InChI=1S/C29H26N2O4S/c1-21-15-17-24(18-16-21)36(33,34)31(22-9-3-2-4-10-22)19-23(32)20-35-30-29-27-13-7-5-11-25(27)26-12-6-8-14-28(26)29/h2-18,23,32H,19-20H2,1H3/t23-/m0/s1. The second-order valence-corrected chi connectivity index (χ2v) is 10.5. The number of nitrogens with zero attached hydrogens (tertiary/aromatic N) is 2. The van der Waals surface area contributed by atoms with Crippen molar-refractivity contribution in [3.05, 3.63) is 120 Å². The first-order chi connectivity index (χ1) is 17.4. The Morgan fingerprint density at radius 1 is 0.778 bits per heavy atom. The second kappa shape index (κ2) is 9.97. The first kappa shape index (κ1) is 23.8. The van der Waals surface area contributed by atoms with Gasteiger partial charge in [-0.1, -0.05) is 89.6 Å². The summed E-state index contributed by atoms with van der Waals surface area (Å²) in [6.07, 6.45) is -1.11. The Morgan fingerprint density at radius 3 is 1.89 bits per heavy atom. The number of hydrogen-bond donors (Lipinski definition) is 1. The molecule has 1 N–H and O–H groups in total. The summed E-state index contributed by atoms with van der Waals surface area (Å²) in [5.74, 6) is 0. The van der Waals surface area contributed by atoms with Crippen LogP contribution in [0.3, 0.4) is 0 Å². The molecule has 0 radical (unpaired) electrons. The number of para-hydroxylation sites is 1. The first-order valence-electron chi connectivity index (χ1n) is 11.7. The van der Waals surface area contributed by atoms with Gasteiger partial charge in [-0.3, -0.25) is 4.31 Å². The van der Waals surface area contributed by atoms with Crippen molar-refractivity contribution in [3.8, 4) is 11.1 Å². The van der Waals surface area contributed by atoms with E-state index in [2.05, 4.69) is 5.16 Å². The molecule has 0 saturated carbocycles. The predicted octanol–water partition coefficient (Wildman–Crippen LogP) is 5.00.